The highest BCUT2D eigenvalue weighted by Gasteiger charge is 2.13. The third kappa shape index (κ3) is 3.56. The van der Waals surface area contributed by atoms with Crippen molar-refractivity contribution in [3.63, 3.8) is 0 Å². The van der Waals surface area contributed by atoms with Crippen LogP contribution >= 0.6 is 22.7 Å². The topological polar surface area (TPSA) is 54.9 Å². The predicted molar refractivity (Wildman–Crippen MR) is 106 cm³/mol. The standard InChI is InChI=1S/C20H15N3OS2/c24-19(16-13-26-20(23-16)14-6-2-1-3-7-14)22-12-15-8-4-10-21-18(15)17-9-5-11-25-17/h1-11,13H,12H2,(H,22,24). The van der Waals surface area contributed by atoms with Gasteiger partial charge in [-0.05, 0) is 23.1 Å². The summed E-state index contributed by atoms with van der Waals surface area (Å²) in [5.41, 5.74) is 3.35. The van der Waals surface area contributed by atoms with E-state index in [-0.39, 0.29) is 5.91 Å². The predicted octanol–water partition coefficient (Wildman–Crippen LogP) is 4.86. The van der Waals surface area contributed by atoms with Crippen molar-refractivity contribution in [1.82, 2.24) is 15.3 Å². The van der Waals surface area contributed by atoms with Gasteiger partial charge in [0.25, 0.3) is 5.91 Å². The van der Waals surface area contributed by atoms with E-state index in [0.717, 1.165) is 26.7 Å². The summed E-state index contributed by atoms with van der Waals surface area (Å²) in [6.07, 6.45) is 1.77. The Hall–Kier alpha value is -2.83. The summed E-state index contributed by atoms with van der Waals surface area (Å²) in [5, 5.41) is 7.61. The number of amides is 1. The van der Waals surface area contributed by atoms with E-state index in [1.807, 2.05) is 60.0 Å². The van der Waals surface area contributed by atoms with Gasteiger partial charge in [0.2, 0.25) is 0 Å². The lowest BCUT2D eigenvalue weighted by molar-refractivity contribution is 0.0947. The summed E-state index contributed by atoms with van der Waals surface area (Å²) in [7, 11) is 0. The van der Waals surface area contributed by atoms with Crippen LogP contribution in [0, 0.1) is 0 Å². The summed E-state index contributed by atoms with van der Waals surface area (Å²) in [6.45, 7) is 0.415. The van der Waals surface area contributed by atoms with Gasteiger partial charge in [0.1, 0.15) is 10.7 Å². The van der Waals surface area contributed by atoms with E-state index in [1.165, 1.54) is 11.3 Å². The van der Waals surface area contributed by atoms with Gasteiger partial charge in [-0.25, -0.2) is 4.98 Å². The molecule has 6 heteroatoms. The van der Waals surface area contributed by atoms with E-state index in [9.17, 15) is 4.79 Å². The molecule has 0 radical (unpaired) electrons. The van der Waals surface area contributed by atoms with Crippen LogP contribution in [-0.4, -0.2) is 15.9 Å². The Balaban J connectivity index is 1.48. The van der Waals surface area contributed by atoms with Crippen LogP contribution in [0.1, 0.15) is 16.1 Å². The van der Waals surface area contributed by atoms with E-state index in [2.05, 4.69) is 15.3 Å². The molecule has 0 saturated heterocycles. The molecule has 1 N–H and O–H groups in total. The summed E-state index contributed by atoms with van der Waals surface area (Å²) in [4.78, 5) is 22.5. The zero-order chi connectivity index (χ0) is 17.8. The van der Waals surface area contributed by atoms with Gasteiger partial charge < -0.3 is 5.32 Å². The fourth-order valence-electron chi connectivity index (χ4n) is 2.57. The molecule has 3 heterocycles. The molecule has 0 aliphatic carbocycles. The first-order valence-electron chi connectivity index (χ1n) is 8.08. The smallest absolute Gasteiger partial charge is 0.271 e. The molecule has 0 bridgehead atoms. The van der Waals surface area contributed by atoms with Crippen LogP contribution in [0.5, 0.6) is 0 Å². The van der Waals surface area contributed by atoms with Crippen LogP contribution in [0.15, 0.2) is 71.6 Å². The van der Waals surface area contributed by atoms with E-state index in [1.54, 1.807) is 22.9 Å². The lowest BCUT2D eigenvalue weighted by atomic mass is 10.1. The maximum atomic E-state index is 12.5. The van der Waals surface area contributed by atoms with E-state index in [0.29, 0.717) is 12.2 Å². The lowest BCUT2D eigenvalue weighted by Crippen LogP contribution is -2.23. The largest absolute Gasteiger partial charge is 0.347 e. The van der Waals surface area contributed by atoms with Crippen molar-refractivity contribution in [3.05, 3.63) is 82.8 Å². The Morgan fingerprint density at radius 2 is 1.88 bits per heavy atom. The Morgan fingerprint density at radius 3 is 2.69 bits per heavy atom. The number of carbonyl (C=O) groups is 1. The van der Waals surface area contributed by atoms with Gasteiger partial charge in [0.05, 0.1) is 10.6 Å². The maximum Gasteiger partial charge on any atom is 0.271 e. The summed E-state index contributed by atoms with van der Waals surface area (Å²) in [6, 6.07) is 17.8. The second kappa shape index (κ2) is 7.59. The van der Waals surface area contributed by atoms with Gasteiger partial charge in [0.15, 0.2) is 0 Å². The summed E-state index contributed by atoms with van der Waals surface area (Å²) < 4.78 is 0. The summed E-state index contributed by atoms with van der Waals surface area (Å²) in [5.74, 6) is -0.176. The third-order valence-corrected chi connectivity index (χ3v) is 5.61. The van der Waals surface area contributed by atoms with Crippen molar-refractivity contribution in [3.8, 4) is 21.1 Å². The highest BCUT2D eigenvalue weighted by atomic mass is 32.1. The number of thiazole rings is 1. The number of hydrogen-bond donors (Lipinski definition) is 1. The second-order valence-corrected chi connectivity index (χ2v) is 7.38. The molecule has 4 aromatic rings. The lowest BCUT2D eigenvalue weighted by Gasteiger charge is -2.07. The Kier molecular flexibility index (Phi) is 4.86. The van der Waals surface area contributed by atoms with E-state index < -0.39 is 0 Å². The Bertz CT molecular complexity index is 1010. The molecule has 128 valence electrons. The summed E-state index contributed by atoms with van der Waals surface area (Å²) >= 11 is 3.11. The second-order valence-electron chi connectivity index (χ2n) is 5.58. The van der Waals surface area contributed by atoms with Crippen LogP contribution < -0.4 is 5.32 Å². The van der Waals surface area contributed by atoms with Crippen LogP contribution in [0.4, 0.5) is 0 Å². The van der Waals surface area contributed by atoms with Crippen molar-refractivity contribution in [2.45, 2.75) is 6.54 Å². The molecule has 4 rings (SSSR count). The molecule has 4 nitrogen and oxygen atoms in total. The zero-order valence-corrected chi connectivity index (χ0v) is 15.4. The fraction of sp³-hybridized carbons (Fsp3) is 0.0500. The van der Waals surface area contributed by atoms with Crippen molar-refractivity contribution < 1.29 is 4.79 Å². The average Bonchev–Trinajstić information content (AvgIpc) is 3.39. The quantitative estimate of drug-likeness (QED) is 0.540. The third-order valence-electron chi connectivity index (χ3n) is 3.84. The molecule has 0 unspecified atom stereocenters. The van der Waals surface area contributed by atoms with Gasteiger partial charge in [-0.15, -0.1) is 22.7 Å². The minimum Gasteiger partial charge on any atom is -0.347 e. The highest BCUT2D eigenvalue weighted by molar-refractivity contribution is 7.13. The van der Waals surface area contributed by atoms with Gasteiger partial charge >= 0.3 is 0 Å². The van der Waals surface area contributed by atoms with E-state index in [4.69, 9.17) is 0 Å². The molecule has 26 heavy (non-hydrogen) atoms. The average molecular weight is 377 g/mol. The van der Waals surface area contributed by atoms with Crippen molar-refractivity contribution in [2.24, 2.45) is 0 Å². The number of rotatable bonds is 5. The van der Waals surface area contributed by atoms with Crippen molar-refractivity contribution in [1.29, 1.82) is 0 Å². The maximum absolute atomic E-state index is 12.5. The first-order valence-corrected chi connectivity index (χ1v) is 9.84. The van der Waals surface area contributed by atoms with Crippen LogP contribution in [-0.2, 0) is 6.54 Å². The van der Waals surface area contributed by atoms with Crippen LogP contribution in [0.25, 0.3) is 21.1 Å². The van der Waals surface area contributed by atoms with Crippen molar-refractivity contribution >= 4 is 28.6 Å². The minimum absolute atomic E-state index is 0.176. The Labute approximate surface area is 159 Å². The minimum atomic E-state index is -0.176. The number of pyridine rings is 1. The first-order chi connectivity index (χ1) is 12.8. The van der Waals surface area contributed by atoms with Crippen molar-refractivity contribution in [2.75, 3.05) is 0 Å². The van der Waals surface area contributed by atoms with Crippen LogP contribution in [0.2, 0.25) is 0 Å². The zero-order valence-electron chi connectivity index (χ0n) is 13.8. The molecule has 0 spiro atoms. The molecule has 0 fully saturated rings. The molecular weight excluding hydrogens is 362 g/mol. The number of nitrogens with zero attached hydrogens (tertiary/aromatic N) is 2. The fourth-order valence-corrected chi connectivity index (χ4v) is 4.14. The molecule has 3 aromatic heterocycles. The Morgan fingerprint density at radius 1 is 1.00 bits per heavy atom. The monoisotopic (exact) mass is 377 g/mol. The molecule has 0 aliphatic rings. The number of nitrogens with one attached hydrogen (secondary N) is 1. The number of aromatic nitrogens is 2. The SMILES string of the molecule is O=C(NCc1cccnc1-c1cccs1)c1csc(-c2ccccc2)n1. The van der Waals surface area contributed by atoms with Gasteiger partial charge in [0, 0.05) is 23.7 Å². The van der Waals surface area contributed by atoms with Gasteiger partial charge in [-0.2, -0.15) is 0 Å². The van der Waals surface area contributed by atoms with Gasteiger partial charge in [-0.1, -0.05) is 42.5 Å². The number of hydrogen-bond acceptors (Lipinski definition) is 5. The molecule has 0 aliphatic heterocycles. The molecule has 1 aromatic carbocycles. The molecular formula is C20H15N3OS2. The number of carbonyl (C=O) groups excluding carboxylic acids is 1. The number of benzene rings is 1. The molecule has 1 amide bonds. The number of thiophene rings is 1. The van der Waals surface area contributed by atoms with Gasteiger partial charge in [-0.3, -0.25) is 9.78 Å². The van der Waals surface area contributed by atoms with E-state index >= 15 is 0 Å². The normalized spacial score (nSPS) is 10.6. The molecule has 0 saturated carbocycles. The first kappa shape index (κ1) is 16.6. The highest BCUT2D eigenvalue weighted by Crippen LogP contribution is 2.26. The van der Waals surface area contributed by atoms with Crippen LogP contribution in [0.3, 0.4) is 0 Å². The molecule has 0 atom stereocenters.